The maximum atomic E-state index is 13.8. The molecule has 0 unspecified atom stereocenters. The Balaban J connectivity index is 1.57. The summed E-state index contributed by atoms with van der Waals surface area (Å²) < 4.78 is 1.86. The molecule has 4 aromatic rings. The number of thiophene rings is 1. The lowest BCUT2D eigenvalue weighted by Gasteiger charge is -2.30. The Kier molecular flexibility index (Phi) is 6.61. The summed E-state index contributed by atoms with van der Waals surface area (Å²) in [5.74, 6) is 0.732. The number of benzene rings is 2. The summed E-state index contributed by atoms with van der Waals surface area (Å²) in [5, 5.41) is 2.32. The van der Waals surface area contributed by atoms with E-state index in [0.29, 0.717) is 12.6 Å². The van der Waals surface area contributed by atoms with Crippen LogP contribution in [0.3, 0.4) is 0 Å². The molecule has 33 heavy (non-hydrogen) atoms. The van der Waals surface area contributed by atoms with Gasteiger partial charge in [0.2, 0.25) is 0 Å². The van der Waals surface area contributed by atoms with Gasteiger partial charge in [0.05, 0.1) is 11.9 Å². The maximum absolute atomic E-state index is 13.8. The molecule has 1 aliphatic rings. The second-order valence-corrected chi connectivity index (χ2v) is 11.1. The van der Waals surface area contributed by atoms with Gasteiger partial charge >= 0.3 is 0 Å². The van der Waals surface area contributed by atoms with Gasteiger partial charge in [-0.3, -0.25) is 14.3 Å². The lowest BCUT2D eigenvalue weighted by molar-refractivity contribution is 0.206. The van der Waals surface area contributed by atoms with Crippen LogP contribution in [-0.2, 0) is 25.3 Å². The molecule has 2 aromatic carbocycles. The topological polar surface area (TPSA) is 38.1 Å². The average Bonchev–Trinajstić information content (AvgIpc) is 3.19. The van der Waals surface area contributed by atoms with Crippen molar-refractivity contribution in [3.63, 3.8) is 0 Å². The third-order valence-electron chi connectivity index (χ3n) is 6.15. The standard InChI is InChI=1S/C26H26ClN3OS2/c1-17(2)29-13-12-21-22(15-29)33-24-23(21)25(31)30(14-18-6-4-3-5-7-18)26(28-24)32-16-19-8-10-20(27)11-9-19/h3-11,17H,12-16H2,1-2H3. The normalized spacial score (nSPS) is 14.2. The van der Waals surface area contributed by atoms with Gasteiger partial charge in [-0.1, -0.05) is 65.8 Å². The molecule has 0 spiro atoms. The van der Waals surface area contributed by atoms with E-state index < -0.39 is 0 Å². The van der Waals surface area contributed by atoms with E-state index in [1.54, 1.807) is 23.1 Å². The number of thioether (sulfide) groups is 1. The molecule has 0 saturated carbocycles. The third-order valence-corrected chi connectivity index (χ3v) is 8.56. The van der Waals surface area contributed by atoms with Crippen LogP contribution in [0.5, 0.6) is 0 Å². The first-order valence-electron chi connectivity index (χ1n) is 11.2. The van der Waals surface area contributed by atoms with E-state index in [0.717, 1.165) is 56.8 Å². The van der Waals surface area contributed by atoms with Crippen LogP contribution in [0, 0.1) is 0 Å². The summed E-state index contributed by atoms with van der Waals surface area (Å²) in [6.45, 7) is 6.87. The summed E-state index contributed by atoms with van der Waals surface area (Å²) in [4.78, 5) is 23.5. The molecule has 4 nitrogen and oxygen atoms in total. The SMILES string of the molecule is CC(C)N1CCc2c(sc3nc(SCc4ccc(Cl)cc4)n(Cc4ccccc4)c(=O)c23)C1. The maximum Gasteiger partial charge on any atom is 0.263 e. The highest BCUT2D eigenvalue weighted by Crippen LogP contribution is 2.34. The van der Waals surface area contributed by atoms with E-state index in [1.807, 2.05) is 47.0 Å². The minimum absolute atomic E-state index is 0.0814. The molecule has 0 aliphatic carbocycles. The molecule has 3 heterocycles. The average molecular weight is 496 g/mol. The van der Waals surface area contributed by atoms with Crippen LogP contribution in [-0.4, -0.2) is 27.0 Å². The molecule has 0 radical (unpaired) electrons. The van der Waals surface area contributed by atoms with Gasteiger partial charge in [0.1, 0.15) is 4.83 Å². The monoisotopic (exact) mass is 495 g/mol. The summed E-state index contributed by atoms with van der Waals surface area (Å²) in [6.07, 6.45) is 0.910. The van der Waals surface area contributed by atoms with Gasteiger partial charge in [-0.05, 0) is 49.1 Å². The largest absolute Gasteiger partial charge is 0.296 e. The Morgan fingerprint density at radius 2 is 1.85 bits per heavy atom. The highest BCUT2D eigenvalue weighted by atomic mass is 35.5. The van der Waals surface area contributed by atoms with Crippen molar-refractivity contribution in [2.75, 3.05) is 6.54 Å². The lowest BCUT2D eigenvalue weighted by Crippen LogP contribution is -2.35. The van der Waals surface area contributed by atoms with E-state index in [2.05, 4.69) is 30.9 Å². The summed E-state index contributed by atoms with van der Waals surface area (Å²) in [6, 6.07) is 18.5. The van der Waals surface area contributed by atoms with Gasteiger partial charge in [-0.15, -0.1) is 11.3 Å². The molecule has 0 bridgehead atoms. The van der Waals surface area contributed by atoms with Crippen molar-refractivity contribution >= 4 is 44.9 Å². The molecule has 7 heteroatoms. The second-order valence-electron chi connectivity index (χ2n) is 8.68. The minimum atomic E-state index is 0.0814. The first kappa shape index (κ1) is 22.7. The highest BCUT2D eigenvalue weighted by Gasteiger charge is 2.26. The Bertz CT molecular complexity index is 1330. The van der Waals surface area contributed by atoms with Crippen molar-refractivity contribution in [2.45, 2.75) is 50.3 Å². The van der Waals surface area contributed by atoms with E-state index >= 15 is 0 Å². The van der Waals surface area contributed by atoms with Crippen molar-refractivity contribution in [1.82, 2.24) is 14.5 Å². The van der Waals surface area contributed by atoms with Crippen molar-refractivity contribution < 1.29 is 0 Å². The summed E-state index contributed by atoms with van der Waals surface area (Å²) in [5.41, 5.74) is 3.55. The molecule has 0 fully saturated rings. The van der Waals surface area contributed by atoms with E-state index in [-0.39, 0.29) is 5.56 Å². The predicted molar refractivity (Wildman–Crippen MR) is 140 cm³/mol. The summed E-state index contributed by atoms with van der Waals surface area (Å²) >= 11 is 9.34. The predicted octanol–water partition coefficient (Wildman–Crippen LogP) is 6.22. The number of nitrogens with zero attached hydrogens (tertiary/aromatic N) is 3. The Hall–Kier alpha value is -2.12. The minimum Gasteiger partial charge on any atom is -0.296 e. The molecule has 1 aliphatic heterocycles. The molecule has 0 atom stereocenters. The smallest absolute Gasteiger partial charge is 0.263 e. The quantitative estimate of drug-likeness (QED) is 0.235. The number of fused-ring (bicyclic) bond motifs is 3. The fourth-order valence-electron chi connectivity index (χ4n) is 4.26. The van der Waals surface area contributed by atoms with Crippen LogP contribution in [0.2, 0.25) is 5.02 Å². The van der Waals surface area contributed by atoms with Crippen molar-refractivity contribution in [3.05, 3.63) is 91.5 Å². The van der Waals surface area contributed by atoms with E-state index in [4.69, 9.17) is 16.6 Å². The number of hydrogen-bond acceptors (Lipinski definition) is 5. The number of hydrogen-bond donors (Lipinski definition) is 0. The fraction of sp³-hybridized carbons (Fsp3) is 0.308. The van der Waals surface area contributed by atoms with E-state index in [1.165, 1.54) is 10.4 Å². The van der Waals surface area contributed by atoms with Gasteiger partial charge in [-0.25, -0.2) is 4.98 Å². The Morgan fingerprint density at radius 1 is 1.09 bits per heavy atom. The Labute approximate surface area is 207 Å². The highest BCUT2D eigenvalue weighted by molar-refractivity contribution is 7.98. The van der Waals surface area contributed by atoms with Gasteiger partial charge in [0.15, 0.2) is 5.16 Å². The van der Waals surface area contributed by atoms with Gasteiger partial charge < -0.3 is 0 Å². The second kappa shape index (κ2) is 9.63. The van der Waals surface area contributed by atoms with Crippen molar-refractivity contribution in [1.29, 1.82) is 0 Å². The zero-order valence-corrected chi connectivity index (χ0v) is 21.1. The van der Waals surface area contributed by atoms with Crippen LogP contribution in [0.4, 0.5) is 0 Å². The van der Waals surface area contributed by atoms with Gasteiger partial charge in [0, 0.05) is 34.8 Å². The molecule has 170 valence electrons. The Morgan fingerprint density at radius 3 is 2.58 bits per heavy atom. The van der Waals surface area contributed by atoms with Crippen LogP contribution in [0.1, 0.15) is 35.4 Å². The molecule has 0 saturated heterocycles. The number of halogens is 1. The van der Waals surface area contributed by atoms with Gasteiger partial charge in [0.25, 0.3) is 5.56 Å². The van der Waals surface area contributed by atoms with Crippen LogP contribution in [0.15, 0.2) is 64.5 Å². The molecular formula is C26H26ClN3OS2. The van der Waals surface area contributed by atoms with Crippen molar-refractivity contribution in [2.24, 2.45) is 0 Å². The van der Waals surface area contributed by atoms with Crippen LogP contribution >= 0.6 is 34.7 Å². The fourth-order valence-corrected chi connectivity index (χ4v) is 6.63. The third kappa shape index (κ3) is 4.76. The van der Waals surface area contributed by atoms with Crippen LogP contribution < -0.4 is 5.56 Å². The van der Waals surface area contributed by atoms with Crippen LogP contribution in [0.25, 0.3) is 10.2 Å². The zero-order chi connectivity index (χ0) is 22.9. The molecule has 0 amide bonds. The lowest BCUT2D eigenvalue weighted by atomic mass is 10.0. The number of rotatable bonds is 6. The molecule has 5 rings (SSSR count). The molecular weight excluding hydrogens is 470 g/mol. The molecule has 2 aromatic heterocycles. The van der Waals surface area contributed by atoms with Gasteiger partial charge in [-0.2, -0.15) is 0 Å². The summed E-state index contributed by atoms with van der Waals surface area (Å²) in [7, 11) is 0. The number of aromatic nitrogens is 2. The van der Waals surface area contributed by atoms with Crippen molar-refractivity contribution in [3.8, 4) is 0 Å². The molecule has 0 N–H and O–H groups in total. The first-order chi connectivity index (χ1) is 16.0. The first-order valence-corrected chi connectivity index (χ1v) is 13.4. The van der Waals surface area contributed by atoms with E-state index in [9.17, 15) is 4.79 Å². The zero-order valence-electron chi connectivity index (χ0n) is 18.8.